The highest BCUT2D eigenvalue weighted by Gasteiger charge is 2.11. The topological polar surface area (TPSA) is 29.9 Å². The molecule has 0 saturated heterocycles. The summed E-state index contributed by atoms with van der Waals surface area (Å²) in [6.45, 7) is 0.505. The van der Waals surface area contributed by atoms with Crippen LogP contribution in [0.1, 0.15) is 5.69 Å². The number of nitrogens with zero attached hydrogens (tertiary/aromatic N) is 2. The average molecular weight is 369 g/mol. The van der Waals surface area contributed by atoms with E-state index in [1.165, 1.54) is 12.1 Å². The Morgan fingerprint density at radius 1 is 1.33 bits per heavy atom. The number of halogens is 3. The van der Waals surface area contributed by atoms with Gasteiger partial charge in [-0.25, -0.2) is 4.39 Å². The predicted octanol–water partition coefficient (Wildman–Crippen LogP) is 4.74. The van der Waals surface area contributed by atoms with Gasteiger partial charge in [-0.05, 0) is 34.1 Å². The fourth-order valence-corrected chi connectivity index (χ4v) is 3.26. The molecule has 0 spiro atoms. The van der Waals surface area contributed by atoms with E-state index in [-0.39, 0.29) is 5.82 Å². The van der Waals surface area contributed by atoms with Crippen molar-refractivity contribution in [1.29, 1.82) is 0 Å². The summed E-state index contributed by atoms with van der Waals surface area (Å²) in [5.41, 5.74) is 2.65. The monoisotopic (exact) mass is 367 g/mol. The molecular formula is C15H12BrClFN3. The fourth-order valence-electron chi connectivity index (χ4n) is 2.30. The molecule has 1 heterocycles. The summed E-state index contributed by atoms with van der Waals surface area (Å²) in [6, 6.07) is 10.7. The second kappa shape index (κ2) is 5.66. The summed E-state index contributed by atoms with van der Waals surface area (Å²) in [5.74, 6) is -0.374. The van der Waals surface area contributed by atoms with Crippen LogP contribution in [0.2, 0.25) is 5.02 Å². The highest BCUT2D eigenvalue weighted by atomic mass is 79.9. The van der Waals surface area contributed by atoms with Crippen molar-refractivity contribution in [3.63, 3.8) is 0 Å². The Balaban J connectivity index is 1.91. The molecule has 1 aromatic heterocycles. The summed E-state index contributed by atoms with van der Waals surface area (Å²) in [6.07, 6.45) is 0. The van der Waals surface area contributed by atoms with Crippen molar-refractivity contribution in [2.45, 2.75) is 6.54 Å². The van der Waals surface area contributed by atoms with Gasteiger partial charge < -0.3 is 5.32 Å². The summed E-state index contributed by atoms with van der Waals surface area (Å²) in [5, 5.41) is 9.13. The molecule has 0 bridgehead atoms. The highest BCUT2D eigenvalue weighted by molar-refractivity contribution is 9.10. The molecule has 0 saturated carbocycles. The summed E-state index contributed by atoms with van der Waals surface area (Å²) in [7, 11) is 1.91. The Kier molecular flexibility index (Phi) is 3.87. The third-order valence-corrected chi connectivity index (χ3v) is 4.20. The van der Waals surface area contributed by atoms with Crippen LogP contribution in [-0.4, -0.2) is 9.78 Å². The van der Waals surface area contributed by atoms with E-state index >= 15 is 0 Å². The van der Waals surface area contributed by atoms with E-state index < -0.39 is 0 Å². The van der Waals surface area contributed by atoms with Gasteiger partial charge in [0.05, 0.1) is 28.5 Å². The van der Waals surface area contributed by atoms with Gasteiger partial charge in [-0.3, -0.25) is 4.68 Å². The lowest BCUT2D eigenvalue weighted by Gasteiger charge is -2.09. The summed E-state index contributed by atoms with van der Waals surface area (Å²) in [4.78, 5) is 0. The SMILES string of the molecule is Cn1nc(CNc2c(Cl)cc(F)cc2Br)c2ccccc21. The molecule has 3 nitrogen and oxygen atoms in total. The Morgan fingerprint density at radius 2 is 2.10 bits per heavy atom. The van der Waals surface area contributed by atoms with Crippen LogP contribution in [0.15, 0.2) is 40.9 Å². The van der Waals surface area contributed by atoms with E-state index in [0.717, 1.165) is 16.6 Å². The van der Waals surface area contributed by atoms with Gasteiger partial charge in [-0.15, -0.1) is 0 Å². The maximum Gasteiger partial charge on any atom is 0.125 e. The maximum atomic E-state index is 13.2. The minimum Gasteiger partial charge on any atom is -0.377 e. The van der Waals surface area contributed by atoms with Crippen molar-refractivity contribution in [3.8, 4) is 0 Å². The molecular weight excluding hydrogens is 357 g/mol. The van der Waals surface area contributed by atoms with Crippen LogP contribution in [-0.2, 0) is 13.6 Å². The number of aryl methyl sites for hydroxylation is 1. The smallest absolute Gasteiger partial charge is 0.125 e. The minimum absolute atomic E-state index is 0.335. The van der Waals surface area contributed by atoms with Crippen molar-refractivity contribution < 1.29 is 4.39 Å². The normalized spacial score (nSPS) is 11.0. The van der Waals surface area contributed by atoms with E-state index in [4.69, 9.17) is 11.6 Å². The molecule has 0 atom stereocenters. The molecule has 0 aliphatic carbocycles. The first-order valence-corrected chi connectivity index (χ1v) is 7.52. The lowest BCUT2D eigenvalue weighted by molar-refractivity contribution is 0.627. The lowest BCUT2D eigenvalue weighted by atomic mass is 10.2. The number of aromatic nitrogens is 2. The van der Waals surface area contributed by atoms with E-state index in [0.29, 0.717) is 21.7 Å². The van der Waals surface area contributed by atoms with E-state index in [1.807, 2.05) is 36.0 Å². The second-order valence-electron chi connectivity index (χ2n) is 4.69. The molecule has 0 aliphatic rings. The van der Waals surface area contributed by atoms with Crippen LogP contribution in [0, 0.1) is 5.82 Å². The van der Waals surface area contributed by atoms with E-state index in [1.54, 1.807) is 0 Å². The number of anilines is 1. The van der Waals surface area contributed by atoms with Gasteiger partial charge in [-0.2, -0.15) is 5.10 Å². The maximum absolute atomic E-state index is 13.2. The molecule has 6 heteroatoms. The van der Waals surface area contributed by atoms with Crippen molar-refractivity contribution in [3.05, 3.63) is 57.4 Å². The number of fused-ring (bicyclic) bond motifs is 1. The van der Waals surface area contributed by atoms with Crippen molar-refractivity contribution in [2.75, 3.05) is 5.32 Å². The Hall–Kier alpha value is -1.59. The molecule has 0 fully saturated rings. The first kappa shape index (κ1) is 14.4. The van der Waals surface area contributed by atoms with Gasteiger partial charge in [0.1, 0.15) is 5.82 Å². The van der Waals surface area contributed by atoms with Crippen LogP contribution < -0.4 is 5.32 Å². The second-order valence-corrected chi connectivity index (χ2v) is 5.95. The summed E-state index contributed by atoms with van der Waals surface area (Å²) < 4.78 is 15.7. The standard InChI is InChI=1S/C15H12BrClFN3/c1-21-14-5-3-2-4-10(14)13(20-21)8-19-15-11(16)6-9(18)7-12(15)17/h2-7,19H,8H2,1H3. The molecule has 3 rings (SSSR count). The number of hydrogen-bond donors (Lipinski definition) is 1. The largest absolute Gasteiger partial charge is 0.377 e. The van der Waals surface area contributed by atoms with Crippen LogP contribution in [0.4, 0.5) is 10.1 Å². The van der Waals surface area contributed by atoms with Crippen LogP contribution >= 0.6 is 27.5 Å². The third kappa shape index (κ3) is 2.76. The quantitative estimate of drug-likeness (QED) is 0.723. The zero-order valence-corrected chi connectivity index (χ0v) is 13.5. The van der Waals surface area contributed by atoms with Crippen LogP contribution in [0.3, 0.4) is 0 Å². The van der Waals surface area contributed by atoms with Crippen LogP contribution in [0.25, 0.3) is 10.9 Å². The van der Waals surface area contributed by atoms with E-state index in [9.17, 15) is 4.39 Å². The van der Waals surface area contributed by atoms with Gasteiger partial charge in [-0.1, -0.05) is 29.8 Å². The zero-order chi connectivity index (χ0) is 15.0. The summed E-state index contributed by atoms with van der Waals surface area (Å²) >= 11 is 9.38. The van der Waals surface area contributed by atoms with Crippen LogP contribution in [0.5, 0.6) is 0 Å². The fraction of sp³-hybridized carbons (Fsp3) is 0.133. The minimum atomic E-state index is -0.374. The molecule has 3 aromatic rings. The Morgan fingerprint density at radius 3 is 2.86 bits per heavy atom. The van der Waals surface area contributed by atoms with Crippen molar-refractivity contribution in [2.24, 2.45) is 7.05 Å². The molecule has 0 amide bonds. The number of benzene rings is 2. The molecule has 2 aromatic carbocycles. The molecule has 0 aliphatic heterocycles. The number of para-hydroxylation sites is 1. The number of hydrogen-bond acceptors (Lipinski definition) is 2. The van der Waals surface area contributed by atoms with Crippen molar-refractivity contribution in [1.82, 2.24) is 9.78 Å². The first-order valence-electron chi connectivity index (χ1n) is 6.35. The average Bonchev–Trinajstić information content (AvgIpc) is 2.75. The molecule has 0 unspecified atom stereocenters. The van der Waals surface area contributed by atoms with Crippen molar-refractivity contribution >= 4 is 44.1 Å². The number of nitrogens with one attached hydrogen (secondary N) is 1. The van der Waals surface area contributed by atoms with Gasteiger partial charge in [0.25, 0.3) is 0 Å². The molecule has 21 heavy (non-hydrogen) atoms. The van der Waals surface area contributed by atoms with Gasteiger partial charge in [0.15, 0.2) is 0 Å². The predicted molar refractivity (Wildman–Crippen MR) is 87.2 cm³/mol. The Labute approximate surface area is 134 Å². The molecule has 1 N–H and O–H groups in total. The zero-order valence-electron chi connectivity index (χ0n) is 11.2. The molecule has 0 radical (unpaired) electrons. The van der Waals surface area contributed by atoms with Gasteiger partial charge >= 0.3 is 0 Å². The lowest BCUT2D eigenvalue weighted by Crippen LogP contribution is -2.03. The number of rotatable bonds is 3. The molecule has 108 valence electrons. The Bertz CT molecular complexity index is 793. The highest BCUT2D eigenvalue weighted by Crippen LogP contribution is 2.32. The van der Waals surface area contributed by atoms with E-state index in [2.05, 4.69) is 26.3 Å². The third-order valence-electron chi connectivity index (χ3n) is 3.27. The van der Waals surface area contributed by atoms with Gasteiger partial charge in [0.2, 0.25) is 0 Å². The first-order chi connectivity index (χ1) is 10.1. The van der Waals surface area contributed by atoms with Gasteiger partial charge in [0, 0.05) is 16.9 Å².